The molecule has 4 heteroatoms. The first-order valence-corrected chi connectivity index (χ1v) is 14.3. The molecule has 1 aromatic carbocycles. The Kier molecular flexibility index (Phi) is 19.7. The Hall–Kier alpha value is -1.55. The van der Waals surface area contributed by atoms with Gasteiger partial charge in [-0.25, -0.2) is 4.79 Å². The topological polar surface area (TPSA) is 55.8 Å². The van der Waals surface area contributed by atoms with Gasteiger partial charge in [0.2, 0.25) is 0 Å². The molecule has 0 unspecified atom stereocenters. The summed E-state index contributed by atoms with van der Waals surface area (Å²) in [7, 11) is 0. The minimum absolute atomic E-state index is 0.268. The van der Waals surface area contributed by atoms with Gasteiger partial charge in [-0.2, -0.15) is 0 Å². The molecule has 0 radical (unpaired) electrons. The van der Waals surface area contributed by atoms with E-state index in [0.29, 0.717) is 19.0 Å². The summed E-state index contributed by atoms with van der Waals surface area (Å²) in [6, 6.07) is 5.13. The largest absolute Gasteiger partial charge is 0.493 e. The van der Waals surface area contributed by atoms with Crippen molar-refractivity contribution in [3.63, 3.8) is 0 Å². The quantitative estimate of drug-likeness (QED) is 0.151. The molecule has 196 valence electrons. The lowest BCUT2D eigenvalue weighted by atomic mass is 10.1. The van der Waals surface area contributed by atoms with Crippen molar-refractivity contribution in [2.75, 3.05) is 13.2 Å². The van der Waals surface area contributed by atoms with Crippen molar-refractivity contribution >= 4 is 5.97 Å². The predicted molar refractivity (Wildman–Crippen MR) is 143 cm³/mol. The van der Waals surface area contributed by atoms with Crippen LogP contribution < -0.4 is 4.74 Å². The normalized spacial score (nSPS) is 11.1. The summed E-state index contributed by atoms with van der Waals surface area (Å²) in [6.45, 7) is 6.36. The first kappa shape index (κ1) is 30.5. The van der Waals surface area contributed by atoms with E-state index in [1.807, 2.05) is 6.07 Å². The summed E-state index contributed by atoms with van der Waals surface area (Å²) >= 11 is 0. The highest BCUT2D eigenvalue weighted by Crippen LogP contribution is 2.23. The monoisotopic (exact) mass is 476 g/mol. The van der Waals surface area contributed by atoms with Gasteiger partial charge in [-0.3, -0.25) is 0 Å². The van der Waals surface area contributed by atoms with E-state index in [1.165, 1.54) is 96.3 Å². The smallest absolute Gasteiger partial charge is 0.335 e. The second-order valence-corrected chi connectivity index (χ2v) is 9.69. The number of ether oxygens (including phenoxy) is 2. The maximum absolute atomic E-state index is 11.4. The Morgan fingerprint density at radius 3 is 1.65 bits per heavy atom. The van der Waals surface area contributed by atoms with Crippen molar-refractivity contribution in [1.82, 2.24) is 0 Å². The average molecular weight is 477 g/mol. The van der Waals surface area contributed by atoms with E-state index in [2.05, 4.69) is 13.8 Å². The van der Waals surface area contributed by atoms with Crippen molar-refractivity contribution in [2.24, 2.45) is 0 Å². The summed E-state index contributed by atoms with van der Waals surface area (Å²) in [4.78, 5) is 11.4. The number of benzene rings is 1. The van der Waals surface area contributed by atoms with Crippen LogP contribution in [0.25, 0.3) is 0 Å². The number of hydrogen-bond donors (Lipinski definition) is 1. The van der Waals surface area contributed by atoms with E-state index >= 15 is 0 Å². The van der Waals surface area contributed by atoms with Gasteiger partial charge in [-0.1, -0.05) is 123 Å². The molecule has 0 aliphatic carbocycles. The zero-order chi connectivity index (χ0) is 24.7. The molecule has 0 aromatic heterocycles. The van der Waals surface area contributed by atoms with Crippen LogP contribution >= 0.6 is 0 Å². The van der Waals surface area contributed by atoms with Crippen LogP contribution in [0.2, 0.25) is 0 Å². The van der Waals surface area contributed by atoms with Gasteiger partial charge in [0.05, 0.1) is 18.8 Å². The molecule has 0 heterocycles. The Labute approximate surface area is 209 Å². The maximum atomic E-state index is 11.4. The number of carboxylic acid groups (broad SMARTS) is 1. The van der Waals surface area contributed by atoms with E-state index < -0.39 is 5.97 Å². The summed E-state index contributed by atoms with van der Waals surface area (Å²) < 4.78 is 11.9. The SMILES string of the molecule is CCCCCCCCCCCOCc1ccc(C(=O)O)cc1OCCCCCCCCCCC. The molecule has 1 aromatic rings. The molecule has 34 heavy (non-hydrogen) atoms. The molecule has 0 saturated carbocycles. The molecule has 0 bridgehead atoms. The Balaban J connectivity index is 2.23. The fourth-order valence-electron chi connectivity index (χ4n) is 4.23. The fraction of sp³-hybridized carbons (Fsp3) is 0.767. The molecule has 0 amide bonds. The van der Waals surface area contributed by atoms with Gasteiger partial charge in [-0.05, 0) is 25.0 Å². The van der Waals surface area contributed by atoms with E-state index in [9.17, 15) is 9.90 Å². The standard InChI is InChI=1S/C30H52O4/c1-3-5-7-9-11-13-15-17-19-23-33-26-28-22-21-27(30(31)32)25-29(28)34-24-20-18-16-14-12-10-8-6-4-2/h21-22,25H,3-20,23-24,26H2,1-2H3,(H,31,32). The lowest BCUT2D eigenvalue weighted by Gasteiger charge is -2.13. The average Bonchev–Trinajstić information content (AvgIpc) is 2.84. The molecule has 0 fully saturated rings. The van der Waals surface area contributed by atoms with Gasteiger partial charge in [-0.15, -0.1) is 0 Å². The van der Waals surface area contributed by atoms with Crippen molar-refractivity contribution < 1.29 is 19.4 Å². The van der Waals surface area contributed by atoms with E-state index in [0.717, 1.165) is 31.4 Å². The molecular formula is C30H52O4. The molecular weight excluding hydrogens is 424 g/mol. The van der Waals surface area contributed by atoms with Gasteiger partial charge < -0.3 is 14.6 Å². The van der Waals surface area contributed by atoms with Crippen molar-refractivity contribution in [2.45, 2.75) is 136 Å². The van der Waals surface area contributed by atoms with Gasteiger partial charge in [0, 0.05) is 12.2 Å². The molecule has 0 spiro atoms. The molecule has 0 aliphatic heterocycles. The molecule has 0 aliphatic rings. The summed E-state index contributed by atoms with van der Waals surface area (Å²) in [5.74, 6) is -0.262. The zero-order valence-electron chi connectivity index (χ0n) is 22.3. The second-order valence-electron chi connectivity index (χ2n) is 9.69. The highest BCUT2D eigenvalue weighted by Gasteiger charge is 2.10. The minimum atomic E-state index is -0.921. The van der Waals surface area contributed by atoms with Crippen LogP contribution in [0.15, 0.2) is 18.2 Å². The Morgan fingerprint density at radius 1 is 0.676 bits per heavy atom. The number of carbonyl (C=O) groups is 1. The third kappa shape index (κ3) is 16.1. The number of aromatic carboxylic acids is 1. The van der Waals surface area contributed by atoms with Crippen LogP contribution in [0.3, 0.4) is 0 Å². The van der Waals surface area contributed by atoms with Crippen LogP contribution in [0, 0.1) is 0 Å². The molecule has 0 saturated heterocycles. The fourth-order valence-corrected chi connectivity index (χ4v) is 4.23. The van der Waals surface area contributed by atoms with E-state index in [1.54, 1.807) is 12.1 Å². The maximum Gasteiger partial charge on any atom is 0.335 e. The third-order valence-electron chi connectivity index (χ3n) is 6.47. The van der Waals surface area contributed by atoms with Crippen molar-refractivity contribution in [1.29, 1.82) is 0 Å². The minimum Gasteiger partial charge on any atom is -0.493 e. The first-order valence-electron chi connectivity index (χ1n) is 14.3. The summed E-state index contributed by atoms with van der Waals surface area (Å²) in [5.41, 5.74) is 1.21. The number of rotatable bonds is 24. The van der Waals surface area contributed by atoms with Crippen LogP contribution in [0.5, 0.6) is 5.75 Å². The van der Waals surface area contributed by atoms with Crippen molar-refractivity contribution in [3.8, 4) is 5.75 Å². The first-order chi connectivity index (χ1) is 16.7. The van der Waals surface area contributed by atoms with Gasteiger partial charge in [0.1, 0.15) is 5.75 Å². The lowest BCUT2D eigenvalue weighted by Crippen LogP contribution is -2.05. The molecule has 0 atom stereocenters. The molecule has 1 N–H and O–H groups in total. The van der Waals surface area contributed by atoms with Gasteiger partial charge in [0.15, 0.2) is 0 Å². The Morgan fingerprint density at radius 2 is 1.15 bits per heavy atom. The third-order valence-corrected chi connectivity index (χ3v) is 6.47. The van der Waals surface area contributed by atoms with Crippen LogP contribution in [-0.2, 0) is 11.3 Å². The van der Waals surface area contributed by atoms with Crippen molar-refractivity contribution in [3.05, 3.63) is 29.3 Å². The summed E-state index contributed by atoms with van der Waals surface area (Å²) in [6.07, 6.45) is 23.1. The Bertz CT molecular complexity index is 614. The highest BCUT2D eigenvalue weighted by atomic mass is 16.5. The highest BCUT2D eigenvalue weighted by molar-refractivity contribution is 5.88. The summed E-state index contributed by atoms with van der Waals surface area (Å²) in [5, 5.41) is 9.34. The number of unbranched alkanes of at least 4 members (excludes halogenated alkanes) is 16. The van der Waals surface area contributed by atoms with Gasteiger partial charge in [0.25, 0.3) is 0 Å². The second kappa shape index (κ2) is 21.9. The van der Waals surface area contributed by atoms with E-state index in [4.69, 9.17) is 9.47 Å². The molecule has 4 nitrogen and oxygen atoms in total. The van der Waals surface area contributed by atoms with Crippen LogP contribution in [0.4, 0.5) is 0 Å². The number of carboxylic acids is 1. The van der Waals surface area contributed by atoms with Gasteiger partial charge >= 0.3 is 5.97 Å². The van der Waals surface area contributed by atoms with Crippen LogP contribution in [0.1, 0.15) is 145 Å². The lowest BCUT2D eigenvalue weighted by molar-refractivity contribution is 0.0696. The zero-order valence-corrected chi connectivity index (χ0v) is 22.3. The van der Waals surface area contributed by atoms with Crippen LogP contribution in [-0.4, -0.2) is 24.3 Å². The number of hydrogen-bond acceptors (Lipinski definition) is 3. The van der Waals surface area contributed by atoms with E-state index in [-0.39, 0.29) is 5.56 Å². The molecule has 1 rings (SSSR count). The predicted octanol–water partition coefficient (Wildman–Crippen LogP) is 9.34.